The van der Waals surface area contributed by atoms with E-state index in [0.29, 0.717) is 92.5 Å². The van der Waals surface area contributed by atoms with E-state index in [9.17, 15) is 0 Å². The van der Waals surface area contributed by atoms with Crippen LogP contribution < -0.4 is 0 Å². The third-order valence-electron chi connectivity index (χ3n) is 4.61. The molecule has 0 bridgehead atoms. The number of hydrogen-bond acceptors (Lipinski definition) is 8. The molecule has 0 saturated heterocycles. The zero-order valence-electron chi connectivity index (χ0n) is 20.9. The molecule has 1 rings (SSSR count). The van der Waals surface area contributed by atoms with Crippen LogP contribution in [-0.2, 0) is 37.9 Å². The van der Waals surface area contributed by atoms with E-state index >= 15 is 0 Å². The third kappa shape index (κ3) is 16.1. The van der Waals surface area contributed by atoms with Crippen LogP contribution in [0.25, 0.3) is 11.1 Å². The largest absolute Gasteiger partial charge is 0.382 e. The van der Waals surface area contributed by atoms with Crippen LogP contribution in [0.4, 0.5) is 0 Å². The molecule has 8 heteroatoms. The molecule has 0 aromatic heterocycles. The maximum absolute atomic E-state index is 5.64. The highest BCUT2D eigenvalue weighted by molar-refractivity contribution is 5.69. The number of rotatable bonds is 24. The first-order chi connectivity index (χ1) is 16.7. The van der Waals surface area contributed by atoms with E-state index in [1.807, 2.05) is 24.3 Å². The van der Waals surface area contributed by atoms with Gasteiger partial charge in [0, 0.05) is 14.2 Å². The van der Waals surface area contributed by atoms with Gasteiger partial charge in [-0.05, 0) is 22.3 Å². The first-order valence-corrected chi connectivity index (χ1v) is 11.6. The molecular weight excluding hydrogens is 440 g/mol. The Kier molecular flexibility index (Phi) is 19.6. The van der Waals surface area contributed by atoms with Crippen molar-refractivity contribution in [1.29, 1.82) is 0 Å². The predicted octanol–water partition coefficient (Wildman–Crippen LogP) is 3.11. The summed E-state index contributed by atoms with van der Waals surface area (Å²) in [5.41, 5.74) is 3.90. The zero-order valence-corrected chi connectivity index (χ0v) is 20.9. The van der Waals surface area contributed by atoms with E-state index in [2.05, 4.69) is 13.2 Å². The average Bonchev–Trinajstić information content (AvgIpc) is 2.86. The van der Waals surface area contributed by atoms with Crippen molar-refractivity contribution in [3.8, 4) is 0 Å². The van der Waals surface area contributed by atoms with E-state index in [1.165, 1.54) is 0 Å². The maximum Gasteiger partial charge on any atom is 0.0718 e. The molecule has 0 N–H and O–H groups in total. The minimum atomic E-state index is 0.453. The molecule has 8 nitrogen and oxygen atoms in total. The number of hydrogen-bond donors (Lipinski definition) is 0. The average molecular weight is 483 g/mol. The second kappa shape index (κ2) is 21.9. The molecule has 0 aliphatic rings. The summed E-state index contributed by atoms with van der Waals surface area (Å²) in [5.74, 6) is 0. The van der Waals surface area contributed by atoms with Gasteiger partial charge in [-0.15, -0.1) is 0 Å². The molecular formula is C26H42O8. The van der Waals surface area contributed by atoms with Gasteiger partial charge in [0.1, 0.15) is 0 Å². The van der Waals surface area contributed by atoms with Crippen LogP contribution in [0.2, 0.25) is 0 Å². The summed E-state index contributed by atoms with van der Waals surface area (Å²) in [7, 11) is 3.30. The molecule has 34 heavy (non-hydrogen) atoms. The van der Waals surface area contributed by atoms with Crippen LogP contribution >= 0.6 is 0 Å². The lowest BCUT2D eigenvalue weighted by Crippen LogP contribution is -2.12. The van der Waals surface area contributed by atoms with E-state index in [4.69, 9.17) is 37.9 Å². The number of methoxy groups -OCH3 is 2. The quantitative estimate of drug-likeness (QED) is 0.208. The van der Waals surface area contributed by atoms with E-state index in [1.54, 1.807) is 14.2 Å². The molecule has 0 fully saturated rings. The zero-order chi connectivity index (χ0) is 24.7. The van der Waals surface area contributed by atoms with Gasteiger partial charge in [0.2, 0.25) is 0 Å². The lowest BCUT2D eigenvalue weighted by Gasteiger charge is -2.11. The van der Waals surface area contributed by atoms with Crippen LogP contribution in [-0.4, -0.2) is 107 Å². The van der Waals surface area contributed by atoms with Crippen LogP contribution in [0.1, 0.15) is 11.1 Å². The highest BCUT2D eigenvalue weighted by Crippen LogP contribution is 2.18. The van der Waals surface area contributed by atoms with Crippen LogP contribution in [0, 0.1) is 0 Å². The number of ether oxygens (including phenoxy) is 8. The molecule has 194 valence electrons. The van der Waals surface area contributed by atoms with Gasteiger partial charge in [0.05, 0.1) is 92.5 Å². The van der Waals surface area contributed by atoms with Gasteiger partial charge in [-0.25, -0.2) is 0 Å². The second-order valence-corrected chi connectivity index (χ2v) is 7.32. The molecule has 0 radical (unpaired) electrons. The Balaban J connectivity index is 2.08. The summed E-state index contributed by atoms with van der Waals surface area (Å²) in [6.07, 6.45) is 0. The topological polar surface area (TPSA) is 73.8 Å². The Bertz CT molecular complexity index is 577. The minimum absolute atomic E-state index is 0.453. The number of benzene rings is 1. The molecule has 1 aromatic rings. The fraction of sp³-hybridized carbons (Fsp3) is 0.615. The predicted molar refractivity (Wildman–Crippen MR) is 133 cm³/mol. The lowest BCUT2D eigenvalue weighted by atomic mass is 10.0. The van der Waals surface area contributed by atoms with Gasteiger partial charge in [-0.3, -0.25) is 0 Å². The van der Waals surface area contributed by atoms with Crippen molar-refractivity contribution in [2.24, 2.45) is 0 Å². The van der Waals surface area contributed by atoms with Crippen molar-refractivity contribution in [2.45, 2.75) is 0 Å². The summed E-state index contributed by atoms with van der Waals surface area (Å²) >= 11 is 0. The lowest BCUT2D eigenvalue weighted by molar-refractivity contribution is 0.00762. The van der Waals surface area contributed by atoms with E-state index < -0.39 is 0 Å². The Morgan fingerprint density at radius 2 is 0.735 bits per heavy atom. The highest BCUT2D eigenvalue weighted by Gasteiger charge is 2.03. The molecule has 0 atom stereocenters. The fourth-order valence-corrected chi connectivity index (χ4v) is 2.66. The van der Waals surface area contributed by atoms with Gasteiger partial charge >= 0.3 is 0 Å². The van der Waals surface area contributed by atoms with Crippen molar-refractivity contribution in [2.75, 3.05) is 107 Å². The first kappa shape index (κ1) is 30.4. The van der Waals surface area contributed by atoms with E-state index in [0.717, 1.165) is 22.3 Å². The second-order valence-electron chi connectivity index (χ2n) is 7.32. The molecule has 0 unspecified atom stereocenters. The molecule has 0 saturated carbocycles. The Morgan fingerprint density at radius 1 is 0.471 bits per heavy atom. The summed E-state index contributed by atoms with van der Waals surface area (Å²) in [6.45, 7) is 15.7. The summed E-state index contributed by atoms with van der Waals surface area (Å²) < 4.78 is 42.7. The molecule has 0 heterocycles. The Morgan fingerprint density at radius 3 is 1.03 bits per heavy atom. The molecule has 0 aliphatic heterocycles. The van der Waals surface area contributed by atoms with Crippen LogP contribution in [0.3, 0.4) is 0 Å². The molecule has 1 aromatic carbocycles. The SMILES string of the molecule is C=C(COCCOCCOCCOC)c1ccc(C(=C)COCCOCCOCCOC)cc1. The normalized spacial score (nSPS) is 11.1. The Hall–Kier alpha value is -1.62. The van der Waals surface area contributed by atoms with Gasteiger partial charge in [-0.1, -0.05) is 37.4 Å². The van der Waals surface area contributed by atoms with Crippen LogP contribution in [0.15, 0.2) is 37.4 Å². The standard InChI is InChI=1S/C26H42O8/c1-23(21-33-19-17-31-15-13-29-11-9-27-3)25-5-7-26(8-6-25)24(2)22-34-20-18-32-16-14-30-12-10-28-4/h5-8H,1-2,9-22H2,3-4H3. The van der Waals surface area contributed by atoms with Gasteiger partial charge in [-0.2, -0.15) is 0 Å². The smallest absolute Gasteiger partial charge is 0.0718 e. The molecule has 0 amide bonds. The monoisotopic (exact) mass is 482 g/mol. The van der Waals surface area contributed by atoms with Crippen molar-refractivity contribution in [3.63, 3.8) is 0 Å². The van der Waals surface area contributed by atoms with Gasteiger partial charge < -0.3 is 37.9 Å². The summed E-state index contributed by atoms with van der Waals surface area (Å²) in [5, 5.41) is 0. The summed E-state index contributed by atoms with van der Waals surface area (Å²) in [4.78, 5) is 0. The van der Waals surface area contributed by atoms with Gasteiger partial charge in [0.25, 0.3) is 0 Å². The van der Waals surface area contributed by atoms with Crippen molar-refractivity contribution in [1.82, 2.24) is 0 Å². The Labute approximate surface area is 204 Å². The summed E-state index contributed by atoms with van der Waals surface area (Å²) in [6, 6.07) is 8.08. The van der Waals surface area contributed by atoms with Crippen molar-refractivity contribution in [3.05, 3.63) is 48.6 Å². The van der Waals surface area contributed by atoms with E-state index in [-0.39, 0.29) is 0 Å². The van der Waals surface area contributed by atoms with Crippen molar-refractivity contribution >= 4 is 11.1 Å². The molecule has 0 aliphatic carbocycles. The molecule has 0 spiro atoms. The van der Waals surface area contributed by atoms with Crippen molar-refractivity contribution < 1.29 is 37.9 Å². The third-order valence-corrected chi connectivity index (χ3v) is 4.61. The maximum atomic E-state index is 5.64. The fourth-order valence-electron chi connectivity index (χ4n) is 2.66. The van der Waals surface area contributed by atoms with Crippen LogP contribution in [0.5, 0.6) is 0 Å². The first-order valence-electron chi connectivity index (χ1n) is 11.6. The minimum Gasteiger partial charge on any atom is -0.382 e. The highest BCUT2D eigenvalue weighted by atomic mass is 16.6. The van der Waals surface area contributed by atoms with Gasteiger partial charge in [0.15, 0.2) is 0 Å².